The first kappa shape index (κ1) is 19.3. The maximum Gasteiger partial charge on any atom is 0.316 e. The van der Waals surface area contributed by atoms with Crippen LogP contribution in [0.4, 0.5) is 0 Å². The number of hydrogen-bond donors (Lipinski definition) is 2. The number of aromatic nitrogens is 4. The Morgan fingerprint density at radius 2 is 1.85 bits per heavy atom. The summed E-state index contributed by atoms with van der Waals surface area (Å²) in [6.07, 6.45) is 3.52. The van der Waals surface area contributed by atoms with Crippen molar-refractivity contribution in [1.82, 2.24) is 30.6 Å². The number of amides is 2. The van der Waals surface area contributed by atoms with Gasteiger partial charge in [-0.25, -0.2) is 0 Å². The lowest BCUT2D eigenvalue weighted by molar-refractivity contribution is 0.0898. The van der Waals surface area contributed by atoms with E-state index >= 15 is 0 Å². The predicted molar refractivity (Wildman–Crippen MR) is 104 cm³/mol. The highest BCUT2D eigenvalue weighted by Crippen LogP contribution is 2.09. The average Bonchev–Trinajstić information content (AvgIpc) is 3.28. The summed E-state index contributed by atoms with van der Waals surface area (Å²) in [6.45, 7) is 0.768. The summed E-state index contributed by atoms with van der Waals surface area (Å²) in [5, 5.41) is 13.7. The number of halogens is 2. The predicted octanol–water partition coefficient (Wildman–Crippen LogP) is 1.73. The molecule has 0 bridgehead atoms. The summed E-state index contributed by atoms with van der Waals surface area (Å²) in [7, 11) is 0. The van der Waals surface area contributed by atoms with Crippen LogP contribution in [0.2, 0.25) is 5.02 Å². The number of hydrogen-bond acceptors (Lipinski definition) is 6. The zero-order chi connectivity index (χ0) is 19.2. The molecule has 3 rings (SSSR count). The van der Waals surface area contributed by atoms with Gasteiger partial charge in [0.05, 0.1) is 9.77 Å². The number of carbonyl (C=O) groups excluding carboxylic acids is 2. The van der Waals surface area contributed by atoms with Crippen molar-refractivity contribution in [2.45, 2.75) is 6.54 Å². The van der Waals surface area contributed by atoms with Gasteiger partial charge in [-0.3, -0.25) is 14.3 Å². The molecular formula is C16H14ClIN6O3. The van der Waals surface area contributed by atoms with E-state index in [1.165, 1.54) is 0 Å². The van der Waals surface area contributed by atoms with Gasteiger partial charge in [0.1, 0.15) is 6.54 Å². The molecule has 1 aromatic carbocycles. The number of carbonyl (C=O) groups is 2. The Kier molecular flexibility index (Phi) is 6.40. The van der Waals surface area contributed by atoms with E-state index in [0.717, 1.165) is 3.57 Å². The van der Waals surface area contributed by atoms with Crippen LogP contribution in [0.5, 0.6) is 0 Å². The van der Waals surface area contributed by atoms with Crippen molar-refractivity contribution in [3.63, 3.8) is 0 Å². The lowest BCUT2D eigenvalue weighted by Crippen LogP contribution is -2.34. The first-order chi connectivity index (χ1) is 13.0. The number of nitrogens with one attached hydrogen (secondary N) is 2. The zero-order valence-corrected chi connectivity index (χ0v) is 16.8. The van der Waals surface area contributed by atoms with Crippen LogP contribution < -0.4 is 10.6 Å². The van der Waals surface area contributed by atoms with E-state index in [-0.39, 0.29) is 24.9 Å². The second-order valence-corrected chi connectivity index (χ2v) is 7.07. The molecule has 140 valence electrons. The van der Waals surface area contributed by atoms with E-state index in [2.05, 4.69) is 48.5 Å². The minimum atomic E-state index is -0.510. The molecule has 0 aliphatic carbocycles. The maximum atomic E-state index is 12.0. The Balaban J connectivity index is 1.43. The van der Waals surface area contributed by atoms with Gasteiger partial charge in [0.2, 0.25) is 0 Å². The summed E-state index contributed by atoms with van der Waals surface area (Å²) < 4.78 is 7.57. The van der Waals surface area contributed by atoms with E-state index < -0.39 is 5.91 Å². The van der Waals surface area contributed by atoms with E-state index in [9.17, 15) is 9.59 Å². The molecule has 0 fully saturated rings. The molecule has 0 radical (unpaired) electrons. The van der Waals surface area contributed by atoms with Crippen molar-refractivity contribution >= 4 is 46.0 Å². The molecule has 0 atom stereocenters. The molecule has 3 aromatic rings. The summed E-state index contributed by atoms with van der Waals surface area (Å²) in [5.41, 5.74) is 0.487. The third-order valence-electron chi connectivity index (χ3n) is 3.37. The lowest BCUT2D eigenvalue weighted by atomic mass is 10.2. The molecule has 0 spiro atoms. The summed E-state index contributed by atoms with van der Waals surface area (Å²) in [5.74, 6) is -0.564. The van der Waals surface area contributed by atoms with Crippen LogP contribution in [0.25, 0.3) is 0 Å². The van der Waals surface area contributed by atoms with Crippen LogP contribution in [0, 0.1) is 3.57 Å². The fourth-order valence-corrected chi connectivity index (χ4v) is 2.68. The largest absolute Gasteiger partial charge is 0.350 e. The Labute approximate surface area is 172 Å². The average molecular weight is 501 g/mol. The van der Waals surface area contributed by atoms with Gasteiger partial charge in [0.25, 0.3) is 5.91 Å². The van der Waals surface area contributed by atoms with Crippen molar-refractivity contribution in [1.29, 1.82) is 0 Å². The molecule has 27 heavy (non-hydrogen) atoms. The van der Waals surface area contributed by atoms with Gasteiger partial charge in [-0.1, -0.05) is 16.8 Å². The first-order valence-electron chi connectivity index (χ1n) is 7.84. The zero-order valence-electron chi connectivity index (χ0n) is 13.9. The number of benzene rings is 1. The standard InChI is InChI=1S/C16H14ClIN6O3/c17-11-3-1-10(2-4-11)14(25)19-5-6-20-15(26)16-22-13(23-27-16)9-24-8-12(18)7-21-24/h1-4,7-8H,5-6,9H2,(H,19,25)(H,20,26). The monoisotopic (exact) mass is 500 g/mol. The molecule has 0 saturated heterocycles. The van der Waals surface area contributed by atoms with Gasteiger partial charge in [0.15, 0.2) is 5.82 Å². The van der Waals surface area contributed by atoms with E-state index in [4.69, 9.17) is 16.1 Å². The summed E-state index contributed by atoms with van der Waals surface area (Å²) >= 11 is 7.92. The van der Waals surface area contributed by atoms with Crippen LogP contribution in [0.15, 0.2) is 41.2 Å². The highest BCUT2D eigenvalue weighted by Gasteiger charge is 2.15. The van der Waals surface area contributed by atoms with E-state index in [0.29, 0.717) is 23.0 Å². The first-order valence-corrected chi connectivity index (χ1v) is 9.29. The van der Waals surface area contributed by atoms with Crippen LogP contribution >= 0.6 is 34.2 Å². The van der Waals surface area contributed by atoms with Crippen molar-refractivity contribution < 1.29 is 14.1 Å². The van der Waals surface area contributed by atoms with Crippen molar-refractivity contribution in [2.75, 3.05) is 13.1 Å². The van der Waals surface area contributed by atoms with Crippen molar-refractivity contribution in [3.8, 4) is 0 Å². The highest BCUT2D eigenvalue weighted by atomic mass is 127. The van der Waals surface area contributed by atoms with Crippen LogP contribution in [-0.4, -0.2) is 44.8 Å². The van der Waals surface area contributed by atoms with Gasteiger partial charge >= 0.3 is 11.8 Å². The summed E-state index contributed by atoms with van der Waals surface area (Å²) in [6, 6.07) is 6.51. The fourth-order valence-electron chi connectivity index (χ4n) is 2.11. The smallest absolute Gasteiger partial charge is 0.316 e. The minimum Gasteiger partial charge on any atom is -0.350 e. The Hall–Kier alpha value is -2.47. The Morgan fingerprint density at radius 3 is 2.52 bits per heavy atom. The van der Waals surface area contributed by atoms with Gasteiger partial charge in [0, 0.05) is 29.9 Å². The Morgan fingerprint density at radius 1 is 1.15 bits per heavy atom. The lowest BCUT2D eigenvalue weighted by Gasteiger charge is -2.05. The van der Waals surface area contributed by atoms with Gasteiger partial charge in [-0.05, 0) is 46.9 Å². The second-order valence-electron chi connectivity index (χ2n) is 5.39. The van der Waals surface area contributed by atoms with Crippen molar-refractivity contribution in [3.05, 3.63) is 62.5 Å². The third-order valence-corrected chi connectivity index (χ3v) is 4.18. The molecule has 2 heterocycles. The molecule has 0 unspecified atom stereocenters. The molecule has 9 nitrogen and oxygen atoms in total. The summed E-state index contributed by atoms with van der Waals surface area (Å²) in [4.78, 5) is 28.0. The van der Waals surface area contributed by atoms with Gasteiger partial charge < -0.3 is 15.2 Å². The minimum absolute atomic E-state index is 0.143. The van der Waals surface area contributed by atoms with E-state index in [1.807, 2.05) is 6.20 Å². The molecule has 0 aliphatic heterocycles. The molecule has 2 amide bonds. The molecule has 0 saturated carbocycles. The van der Waals surface area contributed by atoms with Gasteiger partial charge in [-0.2, -0.15) is 10.1 Å². The van der Waals surface area contributed by atoms with Gasteiger partial charge in [-0.15, -0.1) is 0 Å². The molecule has 11 heteroatoms. The number of nitrogens with zero attached hydrogens (tertiary/aromatic N) is 4. The van der Waals surface area contributed by atoms with Crippen LogP contribution in [-0.2, 0) is 6.54 Å². The molecule has 0 aliphatic rings. The van der Waals surface area contributed by atoms with Crippen LogP contribution in [0.1, 0.15) is 26.9 Å². The topological polar surface area (TPSA) is 115 Å². The van der Waals surface area contributed by atoms with Crippen molar-refractivity contribution in [2.24, 2.45) is 0 Å². The maximum absolute atomic E-state index is 12.0. The van der Waals surface area contributed by atoms with Crippen LogP contribution in [0.3, 0.4) is 0 Å². The second kappa shape index (κ2) is 8.95. The number of rotatable bonds is 7. The highest BCUT2D eigenvalue weighted by molar-refractivity contribution is 14.1. The van der Waals surface area contributed by atoms with E-state index in [1.54, 1.807) is 35.1 Å². The molecule has 2 aromatic heterocycles. The normalized spacial score (nSPS) is 10.6. The quantitative estimate of drug-likeness (QED) is 0.377. The third kappa shape index (κ3) is 5.50. The molecular weight excluding hydrogens is 487 g/mol. The molecule has 2 N–H and O–H groups in total. The Bertz CT molecular complexity index is 940. The fraction of sp³-hybridized carbons (Fsp3) is 0.188. The SMILES string of the molecule is O=C(NCCNC(=O)c1nc(Cn2cc(I)cn2)no1)c1ccc(Cl)cc1.